The van der Waals surface area contributed by atoms with Crippen LogP contribution in [0.3, 0.4) is 0 Å². The van der Waals surface area contributed by atoms with Crippen LogP contribution in [0.5, 0.6) is 0 Å². The lowest BCUT2D eigenvalue weighted by atomic mass is 9.91. The molecule has 0 spiro atoms. The average Bonchev–Trinajstić information content (AvgIpc) is 2.67. The number of amidine groups is 1. The smallest absolute Gasteiger partial charge is 0.386 e. The number of aromatic nitrogens is 1. The molecule has 0 aliphatic carbocycles. The van der Waals surface area contributed by atoms with Gasteiger partial charge in [-0.2, -0.15) is 13.2 Å². The van der Waals surface area contributed by atoms with E-state index in [-0.39, 0.29) is 22.7 Å². The van der Waals surface area contributed by atoms with E-state index in [0.717, 1.165) is 18.2 Å². The zero-order valence-electron chi connectivity index (χ0n) is 17.3. The first-order valence-corrected chi connectivity index (χ1v) is 11.0. The number of hydrogen-bond donors (Lipinski definition) is 1. The fraction of sp³-hybridized carbons (Fsp3) is 0.333. The Bertz CT molecular complexity index is 1220. The van der Waals surface area contributed by atoms with E-state index in [0.29, 0.717) is 12.3 Å². The minimum Gasteiger partial charge on any atom is -0.386 e. The first kappa shape index (κ1) is 23.8. The van der Waals surface area contributed by atoms with Gasteiger partial charge in [-0.25, -0.2) is 17.2 Å². The molecule has 1 atom stereocenters. The van der Waals surface area contributed by atoms with Crippen LogP contribution in [0.15, 0.2) is 41.5 Å². The summed E-state index contributed by atoms with van der Waals surface area (Å²) < 4.78 is 91.2. The second-order valence-corrected chi connectivity index (χ2v) is 10.7. The lowest BCUT2D eigenvalue weighted by molar-refractivity contribution is -0.137. The molecule has 172 valence electrons. The molecular weight excluding hydrogens is 453 g/mol. The van der Waals surface area contributed by atoms with Crippen LogP contribution in [0.25, 0.3) is 11.9 Å². The third-order valence-electron chi connectivity index (χ3n) is 5.43. The van der Waals surface area contributed by atoms with Crippen molar-refractivity contribution < 1.29 is 30.4 Å². The first-order chi connectivity index (χ1) is 14.6. The highest BCUT2D eigenvalue weighted by Gasteiger charge is 2.49. The van der Waals surface area contributed by atoms with Crippen LogP contribution >= 0.6 is 0 Å². The SMILES string of the molecule is CC1(C)C(N)=N[C@](C)(c2cc(/C=C(\F)c3ccc(C(F)(F)F)cn3)ccc2F)CS1(=O)=O. The zero-order chi connectivity index (χ0) is 24.1. The maximum atomic E-state index is 14.6. The highest BCUT2D eigenvalue weighted by molar-refractivity contribution is 7.93. The number of alkyl halides is 3. The minimum atomic E-state index is -4.61. The molecule has 0 amide bonds. The summed E-state index contributed by atoms with van der Waals surface area (Å²) in [6.45, 7) is 4.22. The van der Waals surface area contributed by atoms with E-state index in [4.69, 9.17) is 5.73 Å². The summed E-state index contributed by atoms with van der Waals surface area (Å²) in [5.41, 5.74) is 2.98. The summed E-state index contributed by atoms with van der Waals surface area (Å²) >= 11 is 0. The van der Waals surface area contributed by atoms with Crippen LogP contribution in [-0.4, -0.2) is 29.7 Å². The highest BCUT2D eigenvalue weighted by Crippen LogP contribution is 2.38. The molecule has 1 aromatic heterocycles. The topological polar surface area (TPSA) is 85.4 Å². The molecule has 0 unspecified atom stereocenters. The predicted octanol–water partition coefficient (Wildman–Crippen LogP) is 4.49. The molecule has 5 nitrogen and oxygen atoms in total. The van der Waals surface area contributed by atoms with Crippen LogP contribution in [0.2, 0.25) is 0 Å². The Kier molecular flexibility index (Phi) is 5.70. The van der Waals surface area contributed by atoms with Crippen LogP contribution in [0.1, 0.15) is 43.2 Å². The number of nitrogens with two attached hydrogens (primary N) is 1. The molecule has 0 radical (unpaired) electrons. The quantitative estimate of drug-likeness (QED) is 0.666. The monoisotopic (exact) mass is 473 g/mol. The molecule has 2 aromatic rings. The van der Waals surface area contributed by atoms with Crippen molar-refractivity contribution in [1.82, 2.24) is 4.98 Å². The summed E-state index contributed by atoms with van der Waals surface area (Å²) in [5.74, 6) is -2.40. The summed E-state index contributed by atoms with van der Waals surface area (Å²) in [7, 11) is -3.79. The molecule has 0 saturated carbocycles. The number of nitrogens with zero attached hydrogens (tertiary/aromatic N) is 2. The zero-order valence-corrected chi connectivity index (χ0v) is 18.2. The van der Waals surface area contributed by atoms with Crippen molar-refractivity contribution in [1.29, 1.82) is 0 Å². The molecule has 2 N–H and O–H groups in total. The molecule has 3 rings (SSSR count). The lowest BCUT2D eigenvalue weighted by Gasteiger charge is -2.38. The number of halogens is 5. The van der Waals surface area contributed by atoms with Crippen molar-refractivity contribution in [3.8, 4) is 0 Å². The van der Waals surface area contributed by atoms with Gasteiger partial charge in [0.25, 0.3) is 0 Å². The van der Waals surface area contributed by atoms with Gasteiger partial charge in [-0.3, -0.25) is 9.98 Å². The number of pyridine rings is 1. The van der Waals surface area contributed by atoms with Gasteiger partial charge in [-0.05, 0) is 56.7 Å². The van der Waals surface area contributed by atoms with Gasteiger partial charge in [0.1, 0.15) is 27.8 Å². The Labute approximate surface area is 181 Å². The van der Waals surface area contributed by atoms with Crippen LogP contribution in [-0.2, 0) is 21.6 Å². The average molecular weight is 473 g/mol. The summed E-state index contributed by atoms with van der Waals surface area (Å²) in [5, 5.41) is 0. The van der Waals surface area contributed by atoms with E-state index in [1.807, 2.05) is 0 Å². The van der Waals surface area contributed by atoms with E-state index >= 15 is 0 Å². The van der Waals surface area contributed by atoms with E-state index in [2.05, 4.69) is 9.98 Å². The van der Waals surface area contributed by atoms with Gasteiger partial charge in [-0.1, -0.05) is 6.07 Å². The van der Waals surface area contributed by atoms with Gasteiger partial charge >= 0.3 is 6.18 Å². The third kappa shape index (κ3) is 4.25. The Morgan fingerprint density at radius 3 is 2.34 bits per heavy atom. The van der Waals surface area contributed by atoms with Crippen molar-refractivity contribution in [2.75, 3.05) is 5.75 Å². The fourth-order valence-corrected chi connectivity index (χ4v) is 4.93. The van der Waals surface area contributed by atoms with Gasteiger partial charge in [0, 0.05) is 11.8 Å². The van der Waals surface area contributed by atoms with Crippen molar-refractivity contribution in [3.63, 3.8) is 0 Å². The van der Waals surface area contributed by atoms with Crippen molar-refractivity contribution in [2.24, 2.45) is 10.7 Å². The fourth-order valence-electron chi connectivity index (χ4n) is 3.25. The normalized spacial score (nSPS) is 23.0. The maximum Gasteiger partial charge on any atom is 0.417 e. The lowest BCUT2D eigenvalue weighted by Crippen LogP contribution is -2.55. The molecule has 0 saturated heterocycles. The number of rotatable bonds is 3. The second kappa shape index (κ2) is 7.65. The minimum absolute atomic E-state index is 0.110. The molecule has 11 heteroatoms. The summed E-state index contributed by atoms with van der Waals surface area (Å²) in [6, 6.07) is 5.06. The third-order valence-corrected chi connectivity index (χ3v) is 8.14. The molecule has 32 heavy (non-hydrogen) atoms. The summed E-state index contributed by atoms with van der Waals surface area (Å²) in [6.07, 6.45) is -3.15. The van der Waals surface area contributed by atoms with Crippen LogP contribution in [0, 0.1) is 5.82 Å². The van der Waals surface area contributed by atoms with Gasteiger partial charge in [-0.15, -0.1) is 0 Å². The molecule has 0 fully saturated rings. The highest BCUT2D eigenvalue weighted by atomic mass is 32.2. The number of aliphatic imine (C=N–C) groups is 1. The van der Waals surface area contributed by atoms with Crippen molar-refractivity contribution >= 4 is 27.6 Å². The molecule has 0 bridgehead atoms. The van der Waals surface area contributed by atoms with Gasteiger partial charge in [0.15, 0.2) is 9.84 Å². The Morgan fingerprint density at radius 1 is 1.16 bits per heavy atom. The maximum absolute atomic E-state index is 14.6. The Morgan fingerprint density at radius 2 is 1.81 bits per heavy atom. The Balaban J connectivity index is 2.02. The molecule has 1 aliphatic rings. The molecule has 1 aliphatic heterocycles. The Hall–Kier alpha value is -2.82. The summed E-state index contributed by atoms with van der Waals surface area (Å²) in [4.78, 5) is 7.72. The largest absolute Gasteiger partial charge is 0.417 e. The number of sulfone groups is 1. The number of hydrogen-bond acceptors (Lipinski definition) is 5. The molecular formula is C21H20F5N3O2S. The van der Waals surface area contributed by atoms with Crippen LogP contribution < -0.4 is 5.73 Å². The first-order valence-electron chi connectivity index (χ1n) is 9.36. The second-order valence-electron chi connectivity index (χ2n) is 8.20. The number of benzene rings is 1. The molecule has 1 aromatic carbocycles. The van der Waals surface area contributed by atoms with Gasteiger partial charge in [0.05, 0.1) is 17.0 Å². The van der Waals surface area contributed by atoms with E-state index in [9.17, 15) is 30.4 Å². The van der Waals surface area contributed by atoms with Gasteiger partial charge in [0.2, 0.25) is 0 Å². The predicted molar refractivity (Wildman–Crippen MR) is 111 cm³/mol. The van der Waals surface area contributed by atoms with E-state index < -0.39 is 49.3 Å². The molecule has 2 heterocycles. The van der Waals surface area contributed by atoms with E-state index in [1.165, 1.54) is 32.9 Å². The standard InChI is InChI=1S/C21H20F5N3O2S/c1-19(2)18(27)29-20(3,11-32(19,30)31)14-8-12(4-6-15(14)22)9-16(23)17-7-5-13(10-28-17)21(24,25)26/h4-10H,11H2,1-3H3,(H2,27,29)/b16-9-/t20-/m0/s1. The van der Waals surface area contributed by atoms with E-state index in [1.54, 1.807) is 0 Å². The van der Waals surface area contributed by atoms with Crippen molar-refractivity contribution in [2.45, 2.75) is 37.2 Å². The van der Waals surface area contributed by atoms with Crippen molar-refractivity contribution in [3.05, 3.63) is 64.7 Å². The van der Waals surface area contributed by atoms with Crippen LogP contribution in [0.4, 0.5) is 22.0 Å². The van der Waals surface area contributed by atoms with Gasteiger partial charge < -0.3 is 5.73 Å².